The van der Waals surface area contributed by atoms with E-state index >= 15 is 0 Å². The van der Waals surface area contributed by atoms with Gasteiger partial charge in [-0.15, -0.1) is 0 Å². The smallest absolute Gasteiger partial charge is 0.336 e. The number of hydrogen-bond donors (Lipinski definition) is 1. The zero-order valence-corrected chi connectivity index (χ0v) is 16.2. The molecule has 0 bridgehead atoms. The molecular formula is C23H17BN2O4. The average molecular weight is 396 g/mol. The van der Waals surface area contributed by atoms with Crippen LogP contribution in [0.25, 0.3) is 10.9 Å². The molecule has 0 radical (unpaired) electrons. The summed E-state index contributed by atoms with van der Waals surface area (Å²) in [5.41, 5.74) is 1.67. The maximum Gasteiger partial charge on any atom is 0.336 e. The Morgan fingerprint density at radius 1 is 0.900 bits per heavy atom. The number of carbonyl (C=O) groups is 2. The molecule has 0 saturated carbocycles. The van der Waals surface area contributed by atoms with Gasteiger partial charge in [0, 0.05) is 17.1 Å². The summed E-state index contributed by atoms with van der Waals surface area (Å²) in [6.07, 6.45) is 1.50. The Kier molecular flexibility index (Phi) is 5.02. The number of para-hydroxylation sites is 1. The summed E-state index contributed by atoms with van der Waals surface area (Å²) in [5.74, 6) is -1.83. The predicted octanol–water partition coefficient (Wildman–Crippen LogP) is 1.63. The zero-order valence-electron chi connectivity index (χ0n) is 16.2. The number of carboxylic acids is 1. The Balaban J connectivity index is 1.91. The van der Waals surface area contributed by atoms with Crippen LogP contribution in [-0.2, 0) is 6.54 Å². The number of fused-ring (bicyclic) bond motifs is 1. The third-order valence-electron chi connectivity index (χ3n) is 4.91. The molecule has 0 atom stereocenters. The van der Waals surface area contributed by atoms with E-state index in [0.717, 1.165) is 11.3 Å². The lowest BCUT2D eigenvalue weighted by atomic mass is 9.98. The second kappa shape index (κ2) is 7.79. The molecule has 0 aliphatic carbocycles. The van der Waals surface area contributed by atoms with Crippen molar-refractivity contribution in [2.75, 3.05) is 0 Å². The minimum absolute atomic E-state index is 0.0161. The van der Waals surface area contributed by atoms with Gasteiger partial charge >= 0.3 is 5.97 Å². The molecule has 0 amide bonds. The number of hydrogen-bond acceptors (Lipinski definition) is 4. The van der Waals surface area contributed by atoms with Crippen LogP contribution in [0.4, 0.5) is 0 Å². The molecule has 4 aromatic rings. The van der Waals surface area contributed by atoms with Crippen LogP contribution in [0, 0.1) is 0 Å². The third kappa shape index (κ3) is 3.53. The molecule has 0 aliphatic rings. The van der Waals surface area contributed by atoms with E-state index in [1.54, 1.807) is 28.8 Å². The van der Waals surface area contributed by atoms with Crippen molar-refractivity contribution in [1.82, 2.24) is 9.55 Å². The van der Waals surface area contributed by atoms with Gasteiger partial charge in [-0.05, 0) is 29.9 Å². The Morgan fingerprint density at radius 3 is 2.33 bits per heavy atom. The van der Waals surface area contributed by atoms with Crippen LogP contribution in [0.3, 0.4) is 0 Å². The van der Waals surface area contributed by atoms with Crippen LogP contribution < -0.4 is 11.0 Å². The second-order valence-electron chi connectivity index (χ2n) is 6.97. The lowest BCUT2D eigenvalue weighted by molar-refractivity contribution is 0.0692. The number of ketones is 1. The Labute approximate surface area is 172 Å². The summed E-state index contributed by atoms with van der Waals surface area (Å²) in [6.45, 7) is 0.364. The lowest BCUT2D eigenvalue weighted by Gasteiger charge is -2.14. The van der Waals surface area contributed by atoms with E-state index < -0.39 is 17.2 Å². The van der Waals surface area contributed by atoms with Crippen LogP contribution in [0.5, 0.6) is 0 Å². The van der Waals surface area contributed by atoms with Crippen molar-refractivity contribution in [3.8, 4) is 0 Å². The van der Waals surface area contributed by atoms with E-state index in [0.29, 0.717) is 17.4 Å². The van der Waals surface area contributed by atoms with Gasteiger partial charge in [0.25, 0.3) is 0 Å². The summed E-state index contributed by atoms with van der Waals surface area (Å²) < 4.78 is 1.80. The van der Waals surface area contributed by atoms with E-state index in [1.165, 1.54) is 18.3 Å². The fourth-order valence-corrected chi connectivity index (χ4v) is 3.51. The van der Waals surface area contributed by atoms with Crippen molar-refractivity contribution in [1.29, 1.82) is 0 Å². The van der Waals surface area contributed by atoms with E-state index in [-0.39, 0.29) is 16.7 Å². The standard InChI is InChI=1S/C23H17BN2O4/c24-20-11-5-6-14(25-20)12-26-13-18(22(28)17-9-3-4-10-19(17)26)21(27)15-7-1-2-8-16(15)23(29)30/h1-11,13H,12,24H2,(H,29,30). The third-order valence-corrected chi connectivity index (χ3v) is 4.91. The Hall–Kier alpha value is -4.00. The van der Waals surface area contributed by atoms with Crippen LogP contribution in [0.2, 0.25) is 0 Å². The number of aromatic carboxylic acids is 1. The molecule has 0 unspecified atom stereocenters. The number of carboxylic acid groups (broad SMARTS) is 1. The first kappa shape index (κ1) is 19.3. The summed E-state index contributed by atoms with van der Waals surface area (Å²) in [4.78, 5) is 42.3. The fourth-order valence-electron chi connectivity index (χ4n) is 3.51. The number of rotatable bonds is 5. The molecule has 6 nitrogen and oxygen atoms in total. The zero-order chi connectivity index (χ0) is 21.3. The normalized spacial score (nSPS) is 10.8. The van der Waals surface area contributed by atoms with E-state index in [9.17, 15) is 19.5 Å². The molecule has 0 spiro atoms. The van der Waals surface area contributed by atoms with Crippen LogP contribution >= 0.6 is 0 Å². The summed E-state index contributed by atoms with van der Waals surface area (Å²) >= 11 is 0. The molecule has 30 heavy (non-hydrogen) atoms. The van der Waals surface area contributed by atoms with Crippen LogP contribution in [0.1, 0.15) is 32.0 Å². The van der Waals surface area contributed by atoms with Crippen LogP contribution in [0.15, 0.2) is 77.7 Å². The first-order chi connectivity index (χ1) is 14.5. The summed E-state index contributed by atoms with van der Waals surface area (Å²) in [7, 11) is 1.89. The number of nitrogens with zero attached hydrogens (tertiary/aromatic N) is 2. The van der Waals surface area contributed by atoms with Gasteiger partial charge in [0.15, 0.2) is 13.6 Å². The minimum atomic E-state index is -1.22. The second-order valence-corrected chi connectivity index (χ2v) is 6.97. The van der Waals surface area contributed by atoms with Crippen LogP contribution in [-0.4, -0.2) is 34.3 Å². The SMILES string of the molecule is Bc1cccc(Cn2cc(C(=O)c3ccccc3C(=O)O)c(=O)c3ccccc32)n1. The quantitative estimate of drug-likeness (QED) is 0.409. The highest BCUT2D eigenvalue weighted by molar-refractivity contribution is 6.30. The fraction of sp³-hybridized carbons (Fsp3) is 0.0435. The molecule has 2 aromatic carbocycles. The van der Waals surface area contributed by atoms with Crippen molar-refractivity contribution < 1.29 is 14.7 Å². The van der Waals surface area contributed by atoms with E-state index in [2.05, 4.69) is 4.98 Å². The molecular weight excluding hydrogens is 379 g/mol. The van der Waals surface area contributed by atoms with Crippen molar-refractivity contribution in [2.24, 2.45) is 0 Å². The summed E-state index contributed by atoms with van der Waals surface area (Å²) in [5, 5.41) is 9.83. The predicted molar refractivity (Wildman–Crippen MR) is 117 cm³/mol. The van der Waals surface area contributed by atoms with Gasteiger partial charge in [-0.2, -0.15) is 0 Å². The molecule has 0 aliphatic heterocycles. The van der Waals surface area contributed by atoms with Crippen molar-refractivity contribution >= 4 is 36.1 Å². The van der Waals surface area contributed by atoms with Gasteiger partial charge in [-0.1, -0.05) is 42.5 Å². The molecule has 2 aromatic heterocycles. The molecule has 0 saturated heterocycles. The van der Waals surface area contributed by atoms with Gasteiger partial charge in [0.05, 0.1) is 28.9 Å². The topological polar surface area (TPSA) is 89.3 Å². The highest BCUT2D eigenvalue weighted by Gasteiger charge is 2.21. The van der Waals surface area contributed by atoms with E-state index in [1.807, 2.05) is 38.2 Å². The summed E-state index contributed by atoms with van der Waals surface area (Å²) in [6, 6.07) is 18.6. The average Bonchev–Trinajstić information content (AvgIpc) is 2.75. The molecule has 2 heterocycles. The van der Waals surface area contributed by atoms with Crippen molar-refractivity contribution in [3.63, 3.8) is 0 Å². The number of pyridine rings is 2. The molecule has 1 N–H and O–H groups in total. The Morgan fingerprint density at radius 2 is 1.60 bits per heavy atom. The van der Waals surface area contributed by atoms with Crippen molar-refractivity contribution in [2.45, 2.75) is 6.54 Å². The number of carbonyl (C=O) groups excluding carboxylic acids is 1. The van der Waals surface area contributed by atoms with Gasteiger partial charge in [-0.25, -0.2) is 4.79 Å². The number of aromatic nitrogens is 2. The van der Waals surface area contributed by atoms with Gasteiger partial charge in [0.2, 0.25) is 5.43 Å². The molecule has 146 valence electrons. The van der Waals surface area contributed by atoms with Gasteiger partial charge in [0.1, 0.15) is 0 Å². The molecule has 0 fully saturated rings. The van der Waals surface area contributed by atoms with Gasteiger partial charge < -0.3 is 9.67 Å². The number of benzene rings is 2. The monoisotopic (exact) mass is 396 g/mol. The maximum atomic E-state index is 13.2. The highest BCUT2D eigenvalue weighted by atomic mass is 16.4. The first-order valence-corrected chi connectivity index (χ1v) is 9.37. The molecule has 4 rings (SSSR count). The minimum Gasteiger partial charge on any atom is -0.478 e. The largest absolute Gasteiger partial charge is 0.478 e. The lowest BCUT2D eigenvalue weighted by Crippen LogP contribution is -2.22. The maximum absolute atomic E-state index is 13.2. The van der Waals surface area contributed by atoms with E-state index in [4.69, 9.17) is 0 Å². The molecule has 7 heteroatoms. The highest BCUT2D eigenvalue weighted by Crippen LogP contribution is 2.18. The van der Waals surface area contributed by atoms with Gasteiger partial charge in [-0.3, -0.25) is 14.6 Å². The van der Waals surface area contributed by atoms with Crippen molar-refractivity contribution in [3.05, 3.63) is 106 Å². The Bertz CT molecular complexity index is 1360. The first-order valence-electron chi connectivity index (χ1n) is 9.37.